The Morgan fingerprint density at radius 2 is 1.91 bits per heavy atom. The molecule has 0 radical (unpaired) electrons. The summed E-state index contributed by atoms with van der Waals surface area (Å²) in [6.07, 6.45) is 1.53. The van der Waals surface area contributed by atoms with E-state index in [2.05, 4.69) is 0 Å². The first kappa shape index (κ1) is 23.5. The molecule has 4 rings (SSSR count). The molecule has 0 unspecified atom stereocenters. The summed E-state index contributed by atoms with van der Waals surface area (Å²) in [4.78, 5) is 14.9. The van der Waals surface area contributed by atoms with E-state index in [0.717, 1.165) is 6.07 Å². The number of carbonyl (C=O) groups excluding carboxylic acids is 1. The highest BCUT2D eigenvalue weighted by molar-refractivity contribution is 7.87. The Kier molecular flexibility index (Phi) is 6.99. The van der Waals surface area contributed by atoms with Gasteiger partial charge in [0.05, 0.1) is 24.8 Å². The fourth-order valence-corrected chi connectivity index (χ4v) is 4.87. The first-order valence-electron chi connectivity index (χ1n) is 10.1. The molecule has 0 aliphatic carbocycles. The minimum atomic E-state index is -4.29. The van der Waals surface area contributed by atoms with Gasteiger partial charge in [0.25, 0.3) is 5.91 Å². The van der Waals surface area contributed by atoms with Crippen LogP contribution in [-0.4, -0.2) is 26.3 Å². The second-order valence-electron chi connectivity index (χ2n) is 7.20. The van der Waals surface area contributed by atoms with Crippen LogP contribution in [0.15, 0.2) is 87.7 Å². The van der Waals surface area contributed by atoms with E-state index in [1.807, 2.05) is 5.38 Å². The number of hydrogen-bond donors (Lipinski definition) is 0. The molecule has 0 spiro atoms. The zero-order valence-electron chi connectivity index (χ0n) is 18.0. The molecule has 0 aliphatic heterocycles. The van der Waals surface area contributed by atoms with Crippen LogP contribution in [0.3, 0.4) is 0 Å². The van der Waals surface area contributed by atoms with Crippen molar-refractivity contribution in [1.82, 2.24) is 4.90 Å². The van der Waals surface area contributed by atoms with Crippen molar-refractivity contribution in [3.63, 3.8) is 0 Å². The number of thiophene rings is 1. The molecule has 2 aromatic heterocycles. The SMILES string of the molecule is COc1ccc(S(=O)(=O)Oc2cccc(CN(Cc3ccco3)C(=O)c3cccs3)c2)cc1F. The predicted octanol–water partition coefficient (Wildman–Crippen LogP) is 5.10. The highest BCUT2D eigenvalue weighted by atomic mass is 32.2. The van der Waals surface area contributed by atoms with E-state index in [4.69, 9.17) is 13.3 Å². The van der Waals surface area contributed by atoms with E-state index in [1.54, 1.807) is 41.3 Å². The van der Waals surface area contributed by atoms with Gasteiger partial charge in [-0.3, -0.25) is 4.79 Å². The number of nitrogens with zero attached hydrogens (tertiary/aromatic N) is 1. The van der Waals surface area contributed by atoms with Crippen LogP contribution in [0.25, 0.3) is 0 Å². The maximum absolute atomic E-state index is 14.0. The van der Waals surface area contributed by atoms with Gasteiger partial charge in [-0.2, -0.15) is 8.42 Å². The minimum Gasteiger partial charge on any atom is -0.494 e. The minimum absolute atomic E-state index is 0.0373. The van der Waals surface area contributed by atoms with Gasteiger partial charge in [0, 0.05) is 6.54 Å². The van der Waals surface area contributed by atoms with Crippen molar-refractivity contribution in [3.05, 3.63) is 100 Å². The van der Waals surface area contributed by atoms with Crippen LogP contribution in [0.4, 0.5) is 4.39 Å². The molecule has 0 fully saturated rings. The van der Waals surface area contributed by atoms with Gasteiger partial charge in [0.2, 0.25) is 0 Å². The second-order valence-corrected chi connectivity index (χ2v) is 9.69. The summed E-state index contributed by atoms with van der Waals surface area (Å²) in [6.45, 7) is 0.421. The third-order valence-electron chi connectivity index (χ3n) is 4.84. The lowest BCUT2D eigenvalue weighted by atomic mass is 10.2. The fourth-order valence-electron chi connectivity index (χ4n) is 3.24. The van der Waals surface area contributed by atoms with Gasteiger partial charge in [0.15, 0.2) is 11.6 Å². The zero-order chi connectivity index (χ0) is 24.1. The van der Waals surface area contributed by atoms with Gasteiger partial charge >= 0.3 is 10.1 Å². The van der Waals surface area contributed by atoms with Crippen LogP contribution in [-0.2, 0) is 23.2 Å². The van der Waals surface area contributed by atoms with Gasteiger partial charge in [-0.1, -0.05) is 18.2 Å². The van der Waals surface area contributed by atoms with Crippen molar-refractivity contribution >= 4 is 27.4 Å². The van der Waals surface area contributed by atoms with E-state index >= 15 is 0 Å². The van der Waals surface area contributed by atoms with Crippen molar-refractivity contribution in [3.8, 4) is 11.5 Å². The van der Waals surface area contributed by atoms with E-state index in [9.17, 15) is 17.6 Å². The summed E-state index contributed by atoms with van der Waals surface area (Å²) in [5, 5.41) is 1.82. The number of methoxy groups -OCH3 is 1. The highest BCUT2D eigenvalue weighted by Gasteiger charge is 2.21. The average Bonchev–Trinajstić information content (AvgIpc) is 3.53. The summed E-state index contributed by atoms with van der Waals surface area (Å²) in [7, 11) is -3.00. The molecule has 34 heavy (non-hydrogen) atoms. The summed E-state index contributed by atoms with van der Waals surface area (Å²) in [6, 6.07) is 16.7. The van der Waals surface area contributed by atoms with Crippen molar-refractivity contribution in [2.45, 2.75) is 18.0 Å². The fraction of sp³-hybridized carbons (Fsp3) is 0.125. The van der Waals surface area contributed by atoms with Crippen molar-refractivity contribution < 1.29 is 30.9 Å². The average molecular weight is 502 g/mol. The third kappa shape index (κ3) is 5.46. The maximum atomic E-state index is 14.0. The molecule has 2 heterocycles. The number of carbonyl (C=O) groups is 1. The zero-order valence-corrected chi connectivity index (χ0v) is 19.6. The Balaban J connectivity index is 1.55. The summed E-state index contributed by atoms with van der Waals surface area (Å²) >= 11 is 1.33. The topological polar surface area (TPSA) is 86.1 Å². The largest absolute Gasteiger partial charge is 0.494 e. The number of benzene rings is 2. The van der Waals surface area contributed by atoms with E-state index in [-0.39, 0.29) is 35.4 Å². The standard InChI is InChI=1S/C24H20FNO6S2/c1-30-22-10-9-20(14-21(22)25)34(28,29)32-18-6-2-5-17(13-18)15-26(16-19-7-3-11-31-19)24(27)23-8-4-12-33-23/h2-14H,15-16H2,1H3. The third-order valence-corrected chi connectivity index (χ3v) is 6.94. The Morgan fingerprint density at radius 1 is 1.06 bits per heavy atom. The Bertz CT molecular complexity index is 1370. The van der Waals surface area contributed by atoms with Gasteiger partial charge < -0.3 is 18.2 Å². The summed E-state index contributed by atoms with van der Waals surface area (Å²) in [5.41, 5.74) is 0.644. The van der Waals surface area contributed by atoms with Crippen molar-refractivity contribution in [2.24, 2.45) is 0 Å². The molecule has 0 N–H and O–H groups in total. The maximum Gasteiger partial charge on any atom is 0.339 e. The van der Waals surface area contributed by atoms with Gasteiger partial charge in [0.1, 0.15) is 16.4 Å². The quantitative estimate of drug-likeness (QED) is 0.297. The number of hydrogen-bond acceptors (Lipinski definition) is 7. The van der Waals surface area contributed by atoms with E-state index in [0.29, 0.717) is 16.2 Å². The molecule has 1 amide bonds. The molecule has 2 aromatic carbocycles. The van der Waals surface area contributed by atoms with Crippen LogP contribution in [0.2, 0.25) is 0 Å². The van der Waals surface area contributed by atoms with Crippen molar-refractivity contribution in [2.75, 3.05) is 7.11 Å². The van der Waals surface area contributed by atoms with Crippen LogP contribution in [0.1, 0.15) is 21.0 Å². The van der Waals surface area contributed by atoms with Gasteiger partial charge in [-0.05, 0) is 59.5 Å². The molecule has 0 saturated heterocycles. The lowest BCUT2D eigenvalue weighted by molar-refractivity contribution is 0.0722. The number of amides is 1. The van der Waals surface area contributed by atoms with E-state index < -0.39 is 15.9 Å². The molecule has 0 atom stereocenters. The smallest absolute Gasteiger partial charge is 0.339 e. The van der Waals surface area contributed by atoms with Gasteiger partial charge in [-0.25, -0.2) is 4.39 Å². The number of ether oxygens (including phenoxy) is 1. The molecule has 0 aliphatic rings. The van der Waals surface area contributed by atoms with Crippen LogP contribution >= 0.6 is 11.3 Å². The number of rotatable bonds is 9. The Labute approximate surface area is 200 Å². The number of furan rings is 1. The Hall–Kier alpha value is -3.63. The Morgan fingerprint density at radius 3 is 2.59 bits per heavy atom. The normalized spacial score (nSPS) is 11.2. The first-order valence-corrected chi connectivity index (χ1v) is 12.4. The summed E-state index contributed by atoms with van der Waals surface area (Å²) in [5.74, 6) is -0.426. The lowest BCUT2D eigenvalue weighted by Gasteiger charge is -2.21. The summed E-state index contributed by atoms with van der Waals surface area (Å²) < 4.78 is 54.7. The van der Waals surface area contributed by atoms with E-state index in [1.165, 1.54) is 49.0 Å². The molecule has 0 bridgehead atoms. The molecule has 4 aromatic rings. The molecule has 0 saturated carbocycles. The molecule has 10 heteroatoms. The van der Waals surface area contributed by atoms with Gasteiger partial charge in [-0.15, -0.1) is 11.3 Å². The predicted molar refractivity (Wildman–Crippen MR) is 124 cm³/mol. The molecule has 7 nitrogen and oxygen atoms in total. The molecule has 176 valence electrons. The van der Waals surface area contributed by atoms with Crippen LogP contribution in [0.5, 0.6) is 11.5 Å². The monoisotopic (exact) mass is 501 g/mol. The molecular formula is C24H20FNO6S2. The molecular weight excluding hydrogens is 481 g/mol. The first-order chi connectivity index (χ1) is 16.4. The lowest BCUT2D eigenvalue weighted by Crippen LogP contribution is -2.29. The van der Waals surface area contributed by atoms with Crippen LogP contribution in [0, 0.1) is 5.82 Å². The second kappa shape index (κ2) is 10.1. The highest BCUT2D eigenvalue weighted by Crippen LogP contribution is 2.25. The van der Waals surface area contributed by atoms with Crippen LogP contribution < -0.4 is 8.92 Å². The number of halogens is 1. The van der Waals surface area contributed by atoms with Crippen molar-refractivity contribution in [1.29, 1.82) is 0 Å².